The van der Waals surface area contributed by atoms with Crippen LogP contribution in [0.15, 0.2) is 12.7 Å². The Morgan fingerprint density at radius 1 is 1.89 bits per heavy atom. The summed E-state index contributed by atoms with van der Waals surface area (Å²) in [5, 5.41) is 0. The molecule has 1 amide bonds. The van der Waals surface area contributed by atoms with Gasteiger partial charge in [0, 0.05) is 13.1 Å². The van der Waals surface area contributed by atoms with Gasteiger partial charge in [0.25, 0.3) is 0 Å². The Labute approximate surface area is 55.2 Å². The zero-order valence-corrected chi connectivity index (χ0v) is 5.34. The van der Waals surface area contributed by atoms with Crippen molar-refractivity contribution in [2.75, 3.05) is 13.1 Å². The normalized spacial score (nSPS) is 18.7. The Hall–Kier alpha value is -0.790. The second kappa shape index (κ2) is 2.67. The number of rotatable bonds is 2. The average molecular weight is 124 g/mol. The topological polar surface area (TPSA) is 20.3 Å². The quantitative estimate of drug-likeness (QED) is 0.494. The summed E-state index contributed by atoms with van der Waals surface area (Å²) >= 11 is 0. The van der Waals surface area contributed by atoms with Gasteiger partial charge in [0.05, 0.1) is 6.42 Å². The molecule has 2 heteroatoms. The van der Waals surface area contributed by atoms with Crippen molar-refractivity contribution in [2.24, 2.45) is 0 Å². The number of carbonyl (C=O) groups is 1. The average Bonchev–Trinajstić information content (AvgIpc) is 2.18. The van der Waals surface area contributed by atoms with Crippen molar-refractivity contribution in [1.29, 1.82) is 0 Å². The van der Waals surface area contributed by atoms with E-state index in [1.807, 2.05) is 0 Å². The van der Waals surface area contributed by atoms with Gasteiger partial charge in [0.15, 0.2) is 0 Å². The first-order valence-electron chi connectivity index (χ1n) is 3.07. The van der Waals surface area contributed by atoms with Gasteiger partial charge in [-0.25, -0.2) is 0 Å². The molecule has 0 N–H and O–H groups in total. The number of hydrogen-bond donors (Lipinski definition) is 0. The van der Waals surface area contributed by atoms with Crippen molar-refractivity contribution in [2.45, 2.75) is 6.42 Å². The summed E-state index contributed by atoms with van der Waals surface area (Å²) in [5.74, 6) is 0.148. The number of nitrogens with zero attached hydrogens (tertiary/aromatic N) is 1. The molecule has 0 aromatic carbocycles. The fourth-order valence-corrected chi connectivity index (χ4v) is 0.920. The minimum absolute atomic E-state index is 0.148. The van der Waals surface area contributed by atoms with Crippen LogP contribution in [0.5, 0.6) is 0 Å². The Morgan fingerprint density at radius 2 is 2.67 bits per heavy atom. The van der Waals surface area contributed by atoms with Gasteiger partial charge < -0.3 is 4.90 Å². The van der Waals surface area contributed by atoms with Gasteiger partial charge in [-0.1, -0.05) is 6.08 Å². The Balaban J connectivity index is 2.39. The summed E-state index contributed by atoms with van der Waals surface area (Å²) in [6.45, 7) is 5.11. The summed E-state index contributed by atoms with van der Waals surface area (Å²) in [6, 6.07) is 0. The minimum atomic E-state index is 0.148. The molecule has 1 heterocycles. The van der Waals surface area contributed by atoms with E-state index in [9.17, 15) is 4.79 Å². The highest BCUT2D eigenvalue weighted by molar-refractivity contribution is 5.86. The third-order valence-electron chi connectivity index (χ3n) is 1.38. The van der Waals surface area contributed by atoms with E-state index in [1.165, 1.54) is 0 Å². The Bertz CT molecular complexity index is 131. The van der Waals surface area contributed by atoms with Crippen LogP contribution in [0.1, 0.15) is 6.42 Å². The SMILES string of the molecule is C=CCN1CC[CH]C1=O. The highest BCUT2D eigenvalue weighted by Gasteiger charge is 2.18. The molecule has 0 aromatic rings. The third-order valence-corrected chi connectivity index (χ3v) is 1.38. The summed E-state index contributed by atoms with van der Waals surface area (Å²) in [6.07, 6.45) is 4.35. The van der Waals surface area contributed by atoms with Crippen LogP contribution in [0, 0.1) is 6.42 Å². The van der Waals surface area contributed by atoms with Gasteiger partial charge in [0.2, 0.25) is 5.91 Å². The van der Waals surface area contributed by atoms with E-state index < -0.39 is 0 Å². The molecule has 0 saturated carbocycles. The van der Waals surface area contributed by atoms with Gasteiger partial charge in [-0.15, -0.1) is 6.58 Å². The van der Waals surface area contributed by atoms with Crippen molar-refractivity contribution >= 4 is 5.91 Å². The van der Waals surface area contributed by atoms with Gasteiger partial charge in [0.1, 0.15) is 0 Å². The number of amides is 1. The molecule has 0 unspecified atom stereocenters. The standard InChI is InChI=1S/C7H10NO/c1-2-5-8-6-3-4-7(8)9/h2,4H,1,3,5-6H2. The van der Waals surface area contributed by atoms with E-state index in [2.05, 4.69) is 6.58 Å². The summed E-state index contributed by atoms with van der Waals surface area (Å²) in [7, 11) is 0. The van der Waals surface area contributed by atoms with Crippen molar-refractivity contribution in [1.82, 2.24) is 4.90 Å². The number of hydrogen-bond acceptors (Lipinski definition) is 1. The maximum Gasteiger partial charge on any atom is 0.226 e. The highest BCUT2D eigenvalue weighted by Crippen LogP contribution is 2.06. The molecule has 1 aliphatic heterocycles. The van der Waals surface area contributed by atoms with Crippen LogP contribution in [0.3, 0.4) is 0 Å². The van der Waals surface area contributed by atoms with Crippen molar-refractivity contribution < 1.29 is 4.79 Å². The maximum atomic E-state index is 10.8. The monoisotopic (exact) mass is 124 g/mol. The van der Waals surface area contributed by atoms with E-state index in [1.54, 1.807) is 17.4 Å². The molecule has 9 heavy (non-hydrogen) atoms. The predicted octanol–water partition coefficient (Wildman–Crippen LogP) is 0.609. The molecule has 0 spiro atoms. The van der Waals surface area contributed by atoms with Gasteiger partial charge >= 0.3 is 0 Å². The lowest BCUT2D eigenvalue weighted by Gasteiger charge is -2.10. The first-order valence-corrected chi connectivity index (χ1v) is 3.07. The molecule has 49 valence electrons. The fourth-order valence-electron chi connectivity index (χ4n) is 0.920. The lowest BCUT2D eigenvalue weighted by Crippen LogP contribution is -2.24. The first-order chi connectivity index (χ1) is 4.34. The molecule has 1 rings (SSSR count). The molecular weight excluding hydrogens is 114 g/mol. The van der Waals surface area contributed by atoms with Crippen molar-refractivity contribution in [3.8, 4) is 0 Å². The largest absolute Gasteiger partial charge is 0.339 e. The fraction of sp³-hybridized carbons (Fsp3) is 0.429. The number of likely N-dealkylation sites (tertiary alicyclic amines) is 1. The molecule has 1 aliphatic rings. The van der Waals surface area contributed by atoms with Crippen molar-refractivity contribution in [3.63, 3.8) is 0 Å². The molecule has 0 bridgehead atoms. The van der Waals surface area contributed by atoms with Gasteiger partial charge in [-0.3, -0.25) is 4.79 Å². The van der Waals surface area contributed by atoms with E-state index in [4.69, 9.17) is 0 Å². The van der Waals surface area contributed by atoms with E-state index in [0.717, 1.165) is 13.0 Å². The second-order valence-electron chi connectivity index (χ2n) is 2.07. The smallest absolute Gasteiger partial charge is 0.226 e. The predicted molar refractivity (Wildman–Crippen MR) is 35.7 cm³/mol. The summed E-state index contributed by atoms with van der Waals surface area (Å²) in [5.41, 5.74) is 0. The van der Waals surface area contributed by atoms with E-state index in [-0.39, 0.29) is 5.91 Å². The molecule has 0 atom stereocenters. The summed E-state index contributed by atoms with van der Waals surface area (Å²) in [4.78, 5) is 12.6. The molecule has 1 fully saturated rings. The maximum absolute atomic E-state index is 10.8. The van der Waals surface area contributed by atoms with E-state index >= 15 is 0 Å². The number of carbonyl (C=O) groups excluding carboxylic acids is 1. The Kier molecular flexibility index (Phi) is 1.88. The molecule has 0 aliphatic carbocycles. The second-order valence-corrected chi connectivity index (χ2v) is 2.07. The van der Waals surface area contributed by atoms with Crippen molar-refractivity contribution in [3.05, 3.63) is 19.1 Å². The highest BCUT2D eigenvalue weighted by atomic mass is 16.2. The van der Waals surface area contributed by atoms with Gasteiger partial charge in [-0.05, 0) is 6.42 Å². The molecule has 2 nitrogen and oxygen atoms in total. The van der Waals surface area contributed by atoms with Crippen LogP contribution in [0.2, 0.25) is 0 Å². The Morgan fingerprint density at radius 3 is 3.11 bits per heavy atom. The van der Waals surface area contributed by atoms with Crippen LogP contribution in [0.25, 0.3) is 0 Å². The zero-order valence-electron chi connectivity index (χ0n) is 5.34. The molecule has 1 radical (unpaired) electrons. The van der Waals surface area contributed by atoms with Crippen LogP contribution in [0.4, 0.5) is 0 Å². The lowest BCUT2D eigenvalue weighted by atomic mass is 10.4. The molecule has 0 aromatic heterocycles. The molecular formula is C7H10NO. The zero-order chi connectivity index (χ0) is 6.69. The van der Waals surface area contributed by atoms with Gasteiger partial charge in [-0.2, -0.15) is 0 Å². The summed E-state index contributed by atoms with van der Waals surface area (Å²) < 4.78 is 0. The van der Waals surface area contributed by atoms with Crippen LogP contribution in [-0.2, 0) is 4.79 Å². The molecule has 1 saturated heterocycles. The van der Waals surface area contributed by atoms with Crippen LogP contribution in [-0.4, -0.2) is 23.9 Å². The first kappa shape index (κ1) is 6.33. The van der Waals surface area contributed by atoms with Crippen LogP contribution < -0.4 is 0 Å². The minimum Gasteiger partial charge on any atom is -0.339 e. The van der Waals surface area contributed by atoms with E-state index in [0.29, 0.717) is 6.54 Å². The lowest BCUT2D eigenvalue weighted by molar-refractivity contribution is -0.124. The third kappa shape index (κ3) is 1.31. The van der Waals surface area contributed by atoms with Crippen LogP contribution >= 0.6 is 0 Å².